The quantitative estimate of drug-likeness (QED) is 0.796. The topological polar surface area (TPSA) is 61.0 Å². The maximum atomic E-state index is 6.09. The lowest BCUT2D eigenvalue weighted by molar-refractivity contribution is 0.319. The standard InChI is InChI=1S/C17H16ClN3O/c1-11-13(18)6-4-8-16(11)22-10-9-15-12-5-2-3-7-14(12)20-17(19)21-15/h2-8H,9-10H2,1H3,(H2,19,20,21). The highest BCUT2D eigenvalue weighted by atomic mass is 35.5. The van der Waals surface area contributed by atoms with Crippen molar-refractivity contribution in [1.29, 1.82) is 0 Å². The van der Waals surface area contributed by atoms with Crippen molar-refractivity contribution >= 4 is 28.5 Å². The number of nitrogens with zero attached hydrogens (tertiary/aromatic N) is 2. The molecule has 3 rings (SSSR count). The number of anilines is 1. The summed E-state index contributed by atoms with van der Waals surface area (Å²) in [7, 11) is 0. The number of rotatable bonds is 4. The van der Waals surface area contributed by atoms with Crippen LogP contribution in [0.4, 0.5) is 5.95 Å². The molecule has 5 heteroatoms. The van der Waals surface area contributed by atoms with E-state index >= 15 is 0 Å². The van der Waals surface area contributed by atoms with Crippen LogP contribution in [-0.2, 0) is 6.42 Å². The van der Waals surface area contributed by atoms with Crippen LogP contribution in [-0.4, -0.2) is 16.6 Å². The van der Waals surface area contributed by atoms with E-state index in [9.17, 15) is 0 Å². The third-order valence-corrected chi connectivity index (χ3v) is 3.92. The van der Waals surface area contributed by atoms with Crippen LogP contribution < -0.4 is 10.5 Å². The second-order valence-corrected chi connectivity index (χ2v) is 5.41. The van der Waals surface area contributed by atoms with Crippen LogP contribution in [0.5, 0.6) is 5.75 Å². The van der Waals surface area contributed by atoms with Crippen molar-refractivity contribution in [3.05, 3.63) is 58.7 Å². The van der Waals surface area contributed by atoms with E-state index in [4.69, 9.17) is 22.1 Å². The van der Waals surface area contributed by atoms with E-state index in [2.05, 4.69) is 9.97 Å². The summed E-state index contributed by atoms with van der Waals surface area (Å²) in [4.78, 5) is 8.57. The zero-order valence-corrected chi connectivity index (χ0v) is 13.0. The van der Waals surface area contributed by atoms with Crippen LogP contribution in [0, 0.1) is 6.92 Å². The van der Waals surface area contributed by atoms with E-state index in [0.29, 0.717) is 18.1 Å². The molecule has 0 spiro atoms. The van der Waals surface area contributed by atoms with Crippen molar-refractivity contribution < 1.29 is 4.74 Å². The summed E-state index contributed by atoms with van der Waals surface area (Å²) >= 11 is 6.09. The fourth-order valence-corrected chi connectivity index (χ4v) is 2.52. The number of hydrogen-bond acceptors (Lipinski definition) is 4. The molecule has 0 amide bonds. The van der Waals surface area contributed by atoms with Gasteiger partial charge in [0.2, 0.25) is 5.95 Å². The van der Waals surface area contributed by atoms with Gasteiger partial charge in [-0.25, -0.2) is 9.97 Å². The molecular weight excluding hydrogens is 298 g/mol. The molecule has 0 aliphatic carbocycles. The van der Waals surface area contributed by atoms with E-state index in [1.54, 1.807) is 0 Å². The maximum absolute atomic E-state index is 6.09. The van der Waals surface area contributed by atoms with Crippen LogP contribution in [0.1, 0.15) is 11.3 Å². The first kappa shape index (κ1) is 14.6. The molecule has 22 heavy (non-hydrogen) atoms. The molecular formula is C17H16ClN3O. The summed E-state index contributed by atoms with van der Waals surface area (Å²) in [6.45, 7) is 2.44. The van der Waals surface area contributed by atoms with E-state index in [1.165, 1.54) is 0 Å². The lowest BCUT2D eigenvalue weighted by Crippen LogP contribution is -2.07. The average Bonchev–Trinajstić information content (AvgIpc) is 2.51. The second-order valence-electron chi connectivity index (χ2n) is 5.01. The lowest BCUT2D eigenvalue weighted by atomic mass is 10.1. The molecule has 2 aromatic carbocycles. The van der Waals surface area contributed by atoms with Gasteiger partial charge in [-0.3, -0.25) is 0 Å². The summed E-state index contributed by atoms with van der Waals surface area (Å²) < 4.78 is 5.82. The summed E-state index contributed by atoms with van der Waals surface area (Å²) in [6.07, 6.45) is 0.652. The largest absolute Gasteiger partial charge is 0.493 e. The Morgan fingerprint density at radius 3 is 2.77 bits per heavy atom. The number of nitrogen functional groups attached to an aromatic ring is 1. The minimum absolute atomic E-state index is 0.285. The number of para-hydroxylation sites is 1. The van der Waals surface area contributed by atoms with Gasteiger partial charge < -0.3 is 10.5 Å². The van der Waals surface area contributed by atoms with E-state index in [0.717, 1.165) is 27.9 Å². The third-order valence-electron chi connectivity index (χ3n) is 3.51. The first-order valence-electron chi connectivity index (χ1n) is 7.04. The highest BCUT2D eigenvalue weighted by Crippen LogP contribution is 2.25. The SMILES string of the molecule is Cc1c(Cl)cccc1OCCc1nc(N)nc2ccccc12. The molecule has 0 radical (unpaired) electrons. The minimum atomic E-state index is 0.285. The fourth-order valence-electron chi connectivity index (χ4n) is 2.35. The Hall–Kier alpha value is -2.33. The Morgan fingerprint density at radius 1 is 1.09 bits per heavy atom. The monoisotopic (exact) mass is 313 g/mol. The predicted molar refractivity (Wildman–Crippen MR) is 89.3 cm³/mol. The lowest BCUT2D eigenvalue weighted by Gasteiger charge is -2.11. The summed E-state index contributed by atoms with van der Waals surface area (Å²) in [6, 6.07) is 13.5. The van der Waals surface area contributed by atoms with Crippen molar-refractivity contribution in [3.8, 4) is 5.75 Å². The van der Waals surface area contributed by atoms with Gasteiger partial charge in [-0.2, -0.15) is 0 Å². The van der Waals surface area contributed by atoms with Crippen LogP contribution in [0.2, 0.25) is 5.02 Å². The molecule has 3 aromatic rings. The second kappa shape index (κ2) is 6.20. The number of aromatic nitrogens is 2. The highest BCUT2D eigenvalue weighted by Gasteiger charge is 2.07. The van der Waals surface area contributed by atoms with Crippen molar-refractivity contribution in [2.75, 3.05) is 12.3 Å². The Labute approximate surface area is 133 Å². The molecule has 112 valence electrons. The van der Waals surface area contributed by atoms with Crippen molar-refractivity contribution in [1.82, 2.24) is 9.97 Å². The van der Waals surface area contributed by atoms with Gasteiger partial charge in [0.05, 0.1) is 17.8 Å². The predicted octanol–water partition coefficient (Wildman–Crippen LogP) is 3.80. The molecule has 1 heterocycles. The minimum Gasteiger partial charge on any atom is -0.493 e. The molecule has 0 saturated carbocycles. The summed E-state index contributed by atoms with van der Waals surface area (Å²) in [5.74, 6) is 1.08. The van der Waals surface area contributed by atoms with Gasteiger partial charge in [0.15, 0.2) is 0 Å². The van der Waals surface area contributed by atoms with E-state index in [1.807, 2.05) is 49.4 Å². The van der Waals surface area contributed by atoms with Gasteiger partial charge in [-0.1, -0.05) is 35.9 Å². The van der Waals surface area contributed by atoms with Gasteiger partial charge in [0, 0.05) is 22.4 Å². The molecule has 0 fully saturated rings. The fraction of sp³-hybridized carbons (Fsp3) is 0.176. The average molecular weight is 314 g/mol. The Balaban J connectivity index is 1.78. The third kappa shape index (κ3) is 2.97. The number of ether oxygens (including phenoxy) is 1. The molecule has 0 unspecified atom stereocenters. The molecule has 0 aliphatic heterocycles. The Morgan fingerprint density at radius 2 is 1.91 bits per heavy atom. The number of fused-ring (bicyclic) bond motifs is 1. The van der Waals surface area contributed by atoms with Crippen LogP contribution in [0.3, 0.4) is 0 Å². The van der Waals surface area contributed by atoms with Crippen molar-refractivity contribution in [3.63, 3.8) is 0 Å². The maximum Gasteiger partial charge on any atom is 0.220 e. The van der Waals surface area contributed by atoms with Crippen molar-refractivity contribution in [2.45, 2.75) is 13.3 Å². The number of nitrogens with two attached hydrogens (primary N) is 1. The molecule has 0 saturated heterocycles. The van der Waals surface area contributed by atoms with Gasteiger partial charge in [0.1, 0.15) is 5.75 Å². The zero-order valence-electron chi connectivity index (χ0n) is 12.2. The molecule has 0 atom stereocenters. The summed E-state index contributed by atoms with van der Waals surface area (Å²) in [5.41, 5.74) is 8.45. The van der Waals surface area contributed by atoms with Crippen molar-refractivity contribution in [2.24, 2.45) is 0 Å². The summed E-state index contributed by atoms with van der Waals surface area (Å²) in [5, 5.41) is 1.71. The molecule has 2 N–H and O–H groups in total. The zero-order chi connectivity index (χ0) is 15.5. The smallest absolute Gasteiger partial charge is 0.220 e. The number of halogens is 1. The van der Waals surface area contributed by atoms with Gasteiger partial charge in [-0.15, -0.1) is 0 Å². The molecule has 4 nitrogen and oxygen atoms in total. The van der Waals surface area contributed by atoms with E-state index in [-0.39, 0.29) is 5.95 Å². The van der Waals surface area contributed by atoms with E-state index < -0.39 is 0 Å². The van der Waals surface area contributed by atoms with Crippen LogP contribution in [0.15, 0.2) is 42.5 Å². The van der Waals surface area contributed by atoms with Crippen LogP contribution in [0.25, 0.3) is 10.9 Å². The van der Waals surface area contributed by atoms with Gasteiger partial charge >= 0.3 is 0 Å². The van der Waals surface area contributed by atoms with Gasteiger partial charge in [-0.05, 0) is 25.1 Å². The normalized spacial score (nSPS) is 10.8. The number of hydrogen-bond donors (Lipinski definition) is 1. The van der Waals surface area contributed by atoms with Crippen LogP contribution >= 0.6 is 11.6 Å². The van der Waals surface area contributed by atoms with Gasteiger partial charge in [0.25, 0.3) is 0 Å². The Kier molecular flexibility index (Phi) is 4.11. The molecule has 0 bridgehead atoms. The molecule has 0 aliphatic rings. The molecule has 1 aromatic heterocycles. The Bertz CT molecular complexity index is 820. The number of benzene rings is 2. The highest BCUT2D eigenvalue weighted by molar-refractivity contribution is 6.31. The first-order chi connectivity index (χ1) is 10.6. The first-order valence-corrected chi connectivity index (χ1v) is 7.42.